The van der Waals surface area contributed by atoms with E-state index in [9.17, 15) is 4.79 Å². The molecule has 2 aromatic rings. The standard InChI is InChI=1S/C15H17N3O2/c1-18(13-5-3-4-6-14(13)20-2)12-8-7-10(16)9-11(12)15(17)19/h3-9H,16H2,1-2H3,(H2,17,19). The molecule has 0 saturated heterocycles. The van der Waals surface area contributed by atoms with Gasteiger partial charge < -0.3 is 21.1 Å². The summed E-state index contributed by atoms with van der Waals surface area (Å²) in [6, 6.07) is 12.6. The van der Waals surface area contributed by atoms with Crippen LogP contribution in [0, 0.1) is 0 Å². The third-order valence-electron chi connectivity index (χ3n) is 3.09. The molecule has 1 amide bonds. The molecule has 20 heavy (non-hydrogen) atoms. The number of nitrogens with two attached hydrogens (primary N) is 2. The van der Waals surface area contributed by atoms with Crippen molar-refractivity contribution in [2.45, 2.75) is 0 Å². The SMILES string of the molecule is COc1ccccc1N(C)c1ccc(N)cc1C(N)=O. The zero-order valence-corrected chi connectivity index (χ0v) is 11.5. The van der Waals surface area contributed by atoms with E-state index in [4.69, 9.17) is 16.2 Å². The van der Waals surface area contributed by atoms with Crippen molar-refractivity contribution in [3.63, 3.8) is 0 Å². The summed E-state index contributed by atoms with van der Waals surface area (Å²) in [6.45, 7) is 0. The average molecular weight is 271 g/mol. The van der Waals surface area contributed by atoms with E-state index in [1.807, 2.05) is 36.2 Å². The highest BCUT2D eigenvalue weighted by Gasteiger charge is 2.16. The summed E-state index contributed by atoms with van der Waals surface area (Å²) in [7, 11) is 3.44. The van der Waals surface area contributed by atoms with Gasteiger partial charge >= 0.3 is 0 Å². The van der Waals surface area contributed by atoms with Crippen molar-refractivity contribution in [2.75, 3.05) is 24.8 Å². The van der Waals surface area contributed by atoms with Crippen LogP contribution in [-0.4, -0.2) is 20.1 Å². The third kappa shape index (κ3) is 2.51. The number of benzene rings is 2. The summed E-state index contributed by atoms with van der Waals surface area (Å²) in [6.07, 6.45) is 0. The number of hydrogen-bond donors (Lipinski definition) is 2. The number of methoxy groups -OCH3 is 1. The number of rotatable bonds is 4. The van der Waals surface area contributed by atoms with Crippen LogP contribution in [-0.2, 0) is 0 Å². The summed E-state index contributed by atoms with van der Waals surface area (Å²) in [4.78, 5) is 13.4. The minimum Gasteiger partial charge on any atom is -0.495 e. The molecule has 5 heteroatoms. The van der Waals surface area contributed by atoms with Gasteiger partial charge in [-0.1, -0.05) is 12.1 Å². The number of carbonyl (C=O) groups excluding carboxylic acids is 1. The molecular formula is C15H17N3O2. The van der Waals surface area contributed by atoms with Crippen LogP contribution in [0.25, 0.3) is 0 Å². The van der Waals surface area contributed by atoms with Crippen LogP contribution in [0.15, 0.2) is 42.5 Å². The molecule has 0 aliphatic rings. The van der Waals surface area contributed by atoms with Gasteiger partial charge in [0.15, 0.2) is 0 Å². The van der Waals surface area contributed by atoms with Crippen LogP contribution in [0.5, 0.6) is 5.75 Å². The Bertz CT molecular complexity index is 641. The first kappa shape index (κ1) is 13.7. The van der Waals surface area contributed by atoms with Crippen LogP contribution in [0.1, 0.15) is 10.4 Å². The molecule has 0 aliphatic heterocycles. The Morgan fingerprint density at radius 2 is 1.85 bits per heavy atom. The molecule has 0 spiro atoms. The third-order valence-corrected chi connectivity index (χ3v) is 3.09. The van der Waals surface area contributed by atoms with Crippen LogP contribution >= 0.6 is 0 Å². The Labute approximate surface area is 117 Å². The number of hydrogen-bond acceptors (Lipinski definition) is 4. The monoisotopic (exact) mass is 271 g/mol. The predicted molar refractivity (Wildman–Crippen MR) is 80.4 cm³/mol. The van der Waals surface area contributed by atoms with Crippen molar-refractivity contribution in [3.05, 3.63) is 48.0 Å². The van der Waals surface area contributed by atoms with Crippen molar-refractivity contribution in [2.24, 2.45) is 5.73 Å². The lowest BCUT2D eigenvalue weighted by molar-refractivity contribution is 0.100. The molecular weight excluding hydrogens is 254 g/mol. The van der Waals surface area contributed by atoms with Gasteiger partial charge in [-0.2, -0.15) is 0 Å². The molecule has 0 fully saturated rings. The van der Waals surface area contributed by atoms with E-state index in [2.05, 4.69) is 0 Å². The molecule has 2 rings (SSSR count). The van der Waals surface area contributed by atoms with Gasteiger partial charge in [-0.05, 0) is 30.3 Å². The second-order valence-corrected chi connectivity index (χ2v) is 4.37. The van der Waals surface area contributed by atoms with Crippen LogP contribution in [0.4, 0.5) is 17.1 Å². The first-order valence-corrected chi connectivity index (χ1v) is 6.10. The van der Waals surface area contributed by atoms with E-state index in [-0.39, 0.29) is 0 Å². The number of carbonyl (C=O) groups is 1. The molecule has 0 unspecified atom stereocenters. The number of nitrogens with zero attached hydrogens (tertiary/aromatic N) is 1. The maximum Gasteiger partial charge on any atom is 0.250 e. The summed E-state index contributed by atoms with van der Waals surface area (Å²) in [5.41, 5.74) is 13.5. The normalized spacial score (nSPS) is 10.1. The van der Waals surface area contributed by atoms with E-state index in [0.717, 1.165) is 5.69 Å². The predicted octanol–water partition coefficient (Wildman–Crippen LogP) is 2.14. The summed E-state index contributed by atoms with van der Waals surface area (Å²) >= 11 is 0. The number of amides is 1. The fourth-order valence-corrected chi connectivity index (χ4v) is 2.08. The van der Waals surface area contributed by atoms with Crippen molar-refractivity contribution in [1.29, 1.82) is 0 Å². The van der Waals surface area contributed by atoms with E-state index in [1.54, 1.807) is 25.3 Å². The molecule has 4 N–H and O–H groups in total. The minimum absolute atomic E-state index is 0.374. The molecule has 104 valence electrons. The Morgan fingerprint density at radius 1 is 1.15 bits per heavy atom. The molecule has 0 aromatic heterocycles. The Kier molecular flexibility index (Phi) is 3.79. The van der Waals surface area contributed by atoms with Crippen LogP contribution in [0.3, 0.4) is 0 Å². The molecule has 0 radical (unpaired) electrons. The smallest absolute Gasteiger partial charge is 0.250 e. The van der Waals surface area contributed by atoms with E-state index in [1.165, 1.54) is 0 Å². The number of para-hydroxylation sites is 2. The first-order valence-electron chi connectivity index (χ1n) is 6.10. The van der Waals surface area contributed by atoms with Gasteiger partial charge in [0.05, 0.1) is 24.0 Å². The summed E-state index contributed by atoms with van der Waals surface area (Å²) in [5, 5.41) is 0. The topological polar surface area (TPSA) is 81.6 Å². The van der Waals surface area contributed by atoms with E-state index < -0.39 is 5.91 Å². The molecule has 5 nitrogen and oxygen atoms in total. The molecule has 0 saturated carbocycles. The van der Waals surface area contributed by atoms with Crippen LogP contribution in [0.2, 0.25) is 0 Å². The Balaban J connectivity index is 2.53. The zero-order chi connectivity index (χ0) is 14.7. The first-order chi connectivity index (χ1) is 9.54. The Morgan fingerprint density at radius 3 is 2.50 bits per heavy atom. The van der Waals surface area contributed by atoms with Crippen molar-refractivity contribution >= 4 is 23.0 Å². The van der Waals surface area contributed by atoms with Crippen molar-refractivity contribution < 1.29 is 9.53 Å². The summed E-state index contributed by atoms with van der Waals surface area (Å²) < 4.78 is 5.33. The van der Waals surface area contributed by atoms with Crippen molar-refractivity contribution in [3.8, 4) is 5.75 Å². The summed E-state index contributed by atoms with van der Waals surface area (Å²) in [5.74, 6) is 0.191. The number of nitrogen functional groups attached to an aromatic ring is 1. The van der Waals surface area contributed by atoms with Gasteiger partial charge in [-0.15, -0.1) is 0 Å². The second-order valence-electron chi connectivity index (χ2n) is 4.37. The maximum absolute atomic E-state index is 11.6. The van der Waals surface area contributed by atoms with Gasteiger partial charge in [0.25, 0.3) is 5.91 Å². The maximum atomic E-state index is 11.6. The van der Waals surface area contributed by atoms with Crippen molar-refractivity contribution in [1.82, 2.24) is 0 Å². The fraction of sp³-hybridized carbons (Fsp3) is 0.133. The lowest BCUT2D eigenvalue weighted by atomic mass is 10.1. The second kappa shape index (κ2) is 5.52. The highest BCUT2D eigenvalue weighted by atomic mass is 16.5. The van der Waals surface area contributed by atoms with E-state index in [0.29, 0.717) is 22.7 Å². The quantitative estimate of drug-likeness (QED) is 0.835. The lowest BCUT2D eigenvalue weighted by Crippen LogP contribution is -2.19. The van der Waals surface area contributed by atoms with E-state index >= 15 is 0 Å². The van der Waals surface area contributed by atoms with Gasteiger partial charge in [0.2, 0.25) is 0 Å². The number of ether oxygens (including phenoxy) is 1. The Hall–Kier alpha value is -2.69. The number of primary amides is 1. The molecule has 0 heterocycles. The molecule has 0 atom stereocenters. The van der Waals surface area contributed by atoms with Gasteiger partial charge in [-0.3, -0.25) is 4.79 Å². The van der Waals surface area contributed by atoms with Crippen LogP contribution < -0.4 is 21.1 Å². The molecule has 0 bridgehead atoms. The largest absolute Gasteiger partial charge is 0.495 e. The van der Waals surface area contributed by atoms with Gasteiger partial charge in [0.1, 0.15) is 5.75 Å². The van der Waals surface area contributed by atoms with Gasteiger partial charge in [0, 0.05) is 12.7 Å². The highest BCUT2D eigenvalue weighted by Crippen LogP contribution is 2.34. The fourth-order valence-electron chi connectivity index (χ4n) is 2.08. The average Bonchev–Trinajstić information content (AvgIpc) is 2.46. The molecule has 0 aliphatic carbocycles. The highest BCUT2D eigenvalue weighted by molar-refractivity contribution is 6.00. The van der Waals surface area contributed by atoms with Gasteiger partial charge in [-0.25, -0.2) is 0 Å². The number of anilines is 3. The lowest BCUT2D eigenvalue weighted by Gasteiger charge is -2.23. The molecule has 2 aromatic carbocycles. The minimum atomic E-state index is -0.519. The zero-order valence-electron chi connectivity index (χ0n) is 11.5.